The van der Waals surface area contributed by atoms with Gasteiger partial charge in [-0.1, -0.05) is 23.7 Å². The van der Waals surface area contributed by atoms with Crippen LogP contribution < -0.4 is 9.47 Å². The van der Waals surface area contributed by atoms with Crippen LogP contribution in [-0.2, 0) is 14.2 Å². The van der Waals surface area contributed by atoms with Gasteiger partial charge in [0.2, 0.25) is 0 Å². The van der Waals surface area contributed by atoms with Gasteiger partial charge in [0.05, 0.1) is 44.7 Å². The highest BCUT2D eigenvalue weighted by Crippen LogP contribution is 2.13. The summed E-state index contributed by atoms with van der Waals surface area (Å²) in [5.74, 6) is 12.0. The lowest BCUT2D eigenvalue weighted by molar-refractivity contribution is 0.0599. The Labute approximate surface area is 228 Å². The number of benzene rings is 2. The van der Waals surface area contributed by atoms with Crippen LogP contribution in [0.25, 0.3) is 0 Å². The maximum atomic E-state index is 11.3. The molecule has 0 bridgehead atoms. The molecular weight excluding hydrogens is 500 g/mol. The monoisotopic (exact) mass is 530 g/mol. The fourth-order valence-electron chi connectivity index (χ4n) is 3.32. The second kappa shape index (κ2) is 16.4. The molecule has 2 aromatic rings. The van der Waals surface area contributed by atoms with E-state index in [4.69, 9.17) is 24.1 Å². The summed E-state index contributed by atoms with van der Waals surface area (Å²) in [6, 6.07) is 13.0. The molecule has 0 saturated carbocycles. The number of ether oxygens (including phenoxy) is 5. The zero-order chi connectivity index (χ0) is 27.7. The standard InChI is InChI=1S/C16H16O4.C15H14O4/c1-18-16(17)14-4-6-15(7-5-14)20-10-2-3-13-8-11-19-12-9-13;16-15(17)13-3-5-14(6-4-13)19-9-1-2-12-7-10-18-11-8-12/h4-8H,9-12H2,1H3;3-7H,8-11H2,(H,16,17). The van der Waals surface area contributed by atoms with E-state index in [2.05, 4.69) is 28.4 Å². The van der Waals surface area contributed by atoms with Crippen molar-refractivity contribution in [2.24, 2.45) is 0 Å². The molecule has 39 heavy (non-hydrogen) atoms. The van der Waals surface area contributed by atoms with Gasteiger partial charge >= 0.3 is 11.9 Å². The summed E-state index contributed by atoms with van der Waals surface area (Å²) in [6.45, 7) is 3.32. The molecule has 2 aliphatic rings. The van der Waals surface area contributed by atoms with Gasteiger partial charge in [0.1, 0.15) is 24.7 Å². The molecule has 202 valence electrons. The number of carboxylic acid groups (broad SMARTS) is 1. The Hall–Kier alpha value is -4.50. The fourth-order valence-corrected chi connectivity index (χ4v) is 3.32. The summed E-state index contributed by atoms with van der Waals surface area (Å²) in [5, 5.41) is 8.75. The summed E-state index contributed by atoms with van der Waals surface area (Å²) < 4.78 is 25.9. The Morgan fingerprint density at radius 3 is 1.62 bits per heavy atom. The van der Waals surface area contributed by atoms with Crippen molar-refractivity contribution < 1.29 is 38.4 Å². The molecule has 0 atom stereocenters. The third kappa shape index (κ3) is 10.8. The first-order chi connectivity index (χ1) is 19.0. The van der Waals surface area contributed by atoms with Gasteiger partial charge in [0.15, 0.2) is 0 Å². The van der Waals surface area contributed by atoms with Crippen molar-refractivity contribution in [2.45, 2.75) is 12.8 Å². The normalized spacial score (nSPS) is 13.9. The van der Waals surface area contributed by atoms with Gasteiger partial charge < -0.3 is 28.8 Å². The number of methoxy groups -OCH3 is 1. The zero-order valence-corrected chi connectivity index (χ0v) is 21.7. The molecule has 4 rings (SSSR count). The molecule has 0 spiro atoms. The molecule has 8 heteroatoms. The van der Waals surface area contributed by atoms with E-state index in [0.29, 0.717) is 36.9 Å². The smallest absolute Gasteiger partial charge is 0.337 e. The van der Waals surface area contributed by atoms with Crippen molar-refractivity contribution in [3.8, 4) is 35.2 Å². The second-order valence-electron chi connectivity index (χ2n) is 8.13. The van der Waals surface area contributed by atoms with Crippen LogP contribution in [0.3, 0.4) is 0 Å². The van der Waals surface area contributed by atoms with E-state index in [0.717, 1.165) is 37.2 Å². The number of carbonyl (C=O) groups excluding carboxylic acids is 1. The van der Waals surface area contributed by atoms with Crippen molar-refractivity contribution in [1.29, 1.82) is 0 Å². The van der Waals surface area contributed by atoms with Gasteiger partial charge in [-0.2, -0.15) is 0 Å². The van der Waals surface area contributed by atoms with Gasteiger partial charge in [0.25, 0.3) is 0 Å². The lowest BCUT2D eigenvalue weighted by Crippen LogP contribution is -2.03. The summed E-state index contributed by atoms with van der Waals surface area (Å²) in [7, 11) is 1.35. The Bertz CT molecular complexity index is 1280. The third-order valence-electron chi connectivity index (χ3n) is 5.42. The highest BCUT2D eigenvalue weighted by atomic mass is 16.5. The minimum Gasteiger partial charge on any atom is -0.481 e. The average molecular weight is 531 g/mol. The number of carbonyl (C=O) groups is 2. The number of esters is 1. The van der Waals surface area contributed by atoms with Crippen molar-refractivity contribution >= 4 is 11.9 Å². The van der Waals surface area contributed by atoms with Crippen molar-refractivity contribution in [3.63, 3.8) is 0 Å². The van der Waals surface area contributed by atoms with Crippen molar-refractivity contribution in [1.82, 2.24) is 0 Å². The average Bonchev–Trinajstić information content (AvgIpc) is 2.99. The van der Waals surface area contributed by atoms with Crippen LogP contribution in [0.5, 0.6) is 11.5 Å². The largest absolute Gasteiger partial charge is 0.481 e. The van der Waals surface area contributed by atoms with Crippen LogP contribution in [0.15, 0.2) is 71.8 Å². The Kier molecular flexibility index (Phi) is 12.2. The lowest BCUT2D eigenvalue weighted by atomic mass is 10.1. The predicted octanol–water partition coefficient (Wildman–Crippen LogP) is 4.32. The highest BCUT2D eigenvalue weighted by Gasteiger charge is 2.05. The van der Waals surface area contributed by atoms with Gasteiger partial charge in [0, 0.05) is 24.0 Å². The molecule has 0 saturated heterocycles. The van der Waals surface area contributed by atoms with E-state index in [9.17, 15) is 9.59 Å². The Morgan fingerprint density at radius 2 is 1.23 bits per heavy atom. The van der Waals surface area contributed by atoms with Crippen molar-refractivity contribution in [3.05, 3.63) is 83.0 Å². The molecular formula is C31H30O8. The maximum Gasteiger partial charge on any atom is 0.337 e. The molecule has 1 N–H and O–H groups in total. The summed E-state index contributed by atoms with van der Waals surface area (Å²) >= 11 is 0. The predicted molar refractivity (Wildman–Crippen MR) is 145 cm³/mol. The first-order valence-corrected chi connectivity index (χ1v) is 12.3. The second-order valence-corrected chi connectivity index (χ2v) is 8.13. The zero-order valence-electron chi connectivity index (χ0n) is 21.7. The Morgan fingerprint density at radius 1 is 0.769 bits per heavy atom. The third-order valence-corrected chi connectivity index (χ3v) is 5.42. The molecule has 0 amide bonds. The number of hydrogen-bond donors (Lipinski definition) is 1. The van der Waals surface area contributed by atoms with Crippen LogP contribution in [0, 0.1) is 23.7 Å². The molecule has 2 aromatic carbocycles. The summed E-state index contributed by atoms with van der Waals surface area (Å²) in [5.41, 5.74) is 2.92. The molecule has 0 aromatic heterocycles. The molecule has 2 aliphatic heterocycles. The molecule has 0 unspecified atom stereocenters. The fraction of sp³-hybridized carbons (Fsp3) is 0.290. The highest BCUT2D eigenvalue weighted by molar-refractivity contribution is 5.89. The number of carboxylic acids is 1. The van der Waals surface area contributed by atoms with Crippen LogP contribution in [0.2, 0.25) is 0 Å². The van der Waals surface area contributed by atoms with Crippen LogP contribution in [-0.4, -0.2) is 63.8 Å². The van der Waals surface area contributed by atoms with E-state index in [-0.39, 0.29) is 18.1 Å². The van der Waals surface area contributed by atoms with E-state index < -0.39 is 5.97 Å². The van der Waals surface area contributed by atoms with Crippen LogP contribution in [0.1, 0.15) is 33.6 Å². The first-order valence-electron chi connectivity index (χ1n) is 12.3. The SMILES string of the molecule is COC(=O)c1ccc(OCC#CC2=CCOCC2)cc1.O=C(O)c1ccc(OCC#CC2=CCOCC2)cc1. The number of rotatable bonds is 6. The molecule has 0 radical (unpaired) electrons. The van der Waals surface area contributed by atoms with Gasteiger partial charge in [-0.05, 0) is 60.7 Å². The van der Waals surface area contributed by atoms with E-state index in [1.165, 1.54) is 19.2 Å². The topological polar surface area (TPSA) is 101 Å². The lowest BCUT2D eigenvalue weighted by Gasteiger charge is -2.07. The van der Waals surface area contributed by atoms with Crippen molar-refractivity contribution in [2.75, 3.05) is 46.8 Å². The molecule has 0 aliphatic carbocycles. The minimum atomic E-state index is -0.946. The quantitative estimate of drug-likeness (QED) is 0.436. The number of aromatic carboxylic acids is 1. The number of hydrogen-bond acceptors (Lipinski definition) is 7. The summed E-state index contributed by atoms with van der Waals surface area (Å²) in [4.78, 5) is 21.9. The van der Waals surface area contributed by atoms with E-state index in [1.54, 1.807) is 36.4 Å². The molecule has 2 heterocycles. The van der Waals surface area contributed by atoms with Crippen LogP contribution in [0.4, 0.5) is 0 Å². The molecule has 8 nitrogen and oxygen atoms in total. The summed E-state index contributed by atoms with van der Waals surface area (Å²) in [6.07, 6.45) is 5.67. The van der Waals surface area contributed by atoms with Gasteiger partial charge in [-0.3, -0.25) is 0 Å². The van der Waals surface area contributed by atoms with E-state index in [1.807, 2.05) is 12.2 Å². The van der Waals surface area contributed by atoms with Gasteiger partial charge in [-0.15, -0.1) is 0 Å². The molecule has 0 fully saturated rings. The van der Waals surface area contributed by atoms with E-state index >= 15 is 0 Å². The maximum absolute atomic E-state index is 11.3. The Balaban J connectivity index is 0.000000216. The first kappa shape index (κ1) is 29.1. The van der Waals surface area contributed by atoms with Crippen LogP contribution >= 0.6 is 0 Å². The van der Waals surface area contributed by atoms with Gasteiger partial charge in [-0.25, -0.2) is 9.59 Å². The minimum absolute atomic E-state index is 0.241.